The van der Waals surface area contributed by atoms with Crippen LogP contribution < -0.4 is 19.7 Å². The van der Waals surface area contributed by atoms with Crippen LogP contribution in [-0.2, 0) is 11.4 Å². The molecule has 0 saturated carbocycles. The summed E-state index contributed by atoms with van der Waals surface area (Å²) in [5.41, 5.74) is 4.56. The number of carbonyl (C=O) groups excluding carboxylic acids is 2. The maximum Gasteiger partial charge on any atom is 0.255 e. The molecule has 0 aliphatic carbocycles. The molecule has 2 amide bonds. The topological polar surface area (TPSA) is 85.2 Å². The highest BCUT2D eigenvalue weighted by Gasteiger charge is 2.24. The summed E-state index contributed by atoms with van der Waals surface area (Å²) in [5, 5.41) is 2.89. The zero-order valence-electron chi connectivity index (χ0n) is 19.7. The molecule has 1 N–H and O–H groups in total. The summed E-state index contributed by atoms with van der Waals surface area (Å²) < 4.78 is 13.4. The molecule has 1 saturated heterocycles. The van der Waals surface area contributed by atoms with Crippen LogP contribution in [0.15, 0.2) is 67.0 Å². The van der Waals surface area contributed by atoms with Gasteiger partial charge in [-0.1, -0.05) is 12.1 Å². The number of imidazole rings is 1. The Labute approximate surface area is 203 Å². The number of amides is 2. The second kappa shape index (κ2) is 9.50. The second-order valence-electron chi connectivity index (χ2n) is 8.51. The lowest BCUT2D eigenvalue weighted by molar-refractivity contribution is -0.117. The van der Waals surface area contributed by atoms with E-state index in [1.807, 2.05) is 41.9 Å². The van der Waals surface area contributed by atoms with Gasteiger partial charge in [-0.2, -0.15) is 0 Å². The van der Waals surface area contributed by atoms with E-state index in [0.717, 1.165) is 23.3 Å². The fourth-order valence-electron chi connectivity index (χ4n) is 4.19. The van der Waals surface area contributed by atoms with Gasteiger partial charge in [-0.3, -0.25) is 9.59 Å². The number of carbonyl (C=O) groups is 2. The number of anilines is 2. The standard InChI is InChI=1S/C27H26N4O4/c1-18-8-11-25-28-21(16-30(25)15-18)17-35-22-6-3-5-19(13-22)27(33)29-20-9-10-23(24(14-20)34-2)31-12-4-7-26(31)32/h3,5-6,8-11,13-16H,4,7,12,17H2,1-2H3,(H,29,33). The number of aryl methyl sites for hydroxylation is 1. The molecular weight excluding hydrogens is 444 g/mol. The highest BCUT2D eigenvalue weighted by Crippen LogP contribution is 2.34. The lowest BCUT2D eigenvalue weighted by Crippen LogP contribution is -2.24. The van der Waals surface area contributed by atoms with E-state index in [-0.39, 0.29) is 11.8 Å². The van der Waals surface area contributed by atoms with Crippen molar-refractivity contribution in [2.45, 2.75) is 26.4 Å². The van der Waals surface area contributed by atoms with Gasteiger partial charge in [0.1, 0.15) is 23.8 Å². The van der Waals surface area contributed by atoms with Gasteiger partial charge in [0.25, 0.3) is 5.91 Å². The zero-order chi connectivity index (χ0) is 24.4. The molecule has 0 radical (unpaired) electrons. The Morgan fingerprint density at radius 1 is 1.11 bits per heavy atom. The molecule has 35 heavy (non-hydrogen) atoms. The number of fused-ring (bicyclic) bond motifs is 1. The van der Waals surface area contributed by atoms with Gasteiger partial charge in [0.2, 0.25) is 5.91 Å². The largest absolute Gasteiger partial charge is 0.494 e. The summed E-state index contributed by atoms with van der Waals surface area (Å²) >= 11 is 0. The number of benzene rings is 2. The van der Waals surface area contributed by atoms with Gasteiger partial charge >= 0.3 is 0 Å². The normalized spacial score (nSPS) is 13.3. The number of nitrogens with zero attached hydrogens (tertiary/aromatic N) is 3. The van der Waals surface area contributed by atoms with Crippen LogP contribution in [-0.4, -0.2) is 34.9 Å². The van der Waals surface area contributed by atoms with E-state index >= 15 is 0 Å². The van der Waals surface area contributed by atoms with E-state index in [1.165, 1.54) is 0 Å². The molecule has 8 nitrogen and oxygen atoms in total. The van der Waals surface area contributed by atoms with Crippen molar-refractivity contribution in [3.05, 3.63) is 83.8 Å². The van der Waals surface area contributed by atoms with Crippen LogP contribution in [0.1, 0.15) is 34.5 Å². The molecule has 0 spiro atoms. The molecule has 2 aromatic heterocycles. The molecule has 1 aliphatic rings. The molecule has 4 aromatic rings. The highest BCUT2D eigenvalue weighted by molar-refractivity contribution is 6.05. The van der Waals surface area contributed by atoms with Crippen molar-refractivity contribution in [2.75, 3.05) is 23.9 Å². The number of hydrogen-bond acceptors (Lipinski definition) is 5. The molecule has 0 atom stereocenters. The number of hydrogen-bond donors (Lipinski definition) is 1. The Balaban J connectivity index is 1.26. The highest BCUT2D eigenvalue weighted by atomic mass is 16.5. The fourth-order valence-corrected chi connectivity index (χ4v) is 4.19. The first-order valence-corrected chi connectivity index (χ1v) is 11.5. The average Bonchev–Trinajstić information content (AvgIpc) is 3.48. The number of pyridine rings is 1. The average molecular weight is 471 g/mol. The number of rotatable bonds is 7. The van der Waals surface area contributed by atoms with Crippen molar-refractivity contribution in [2.24, 2.45) is 0 Å². The SMILES string of the molecule is COc1cc(NC(=O)c2cccc(OCc3cn4cc(C)ccc4n3)c2)ccc1N1CCCC1=O. The van der Waals surface area contributed by atoms with Gasteiger partial charge < -0.3 is 24.1 Å². The molecule has 2 aromatic carbocycles. The summed E-state index contributed by atoms with van der Waals surface area (Å²) in [6, 6.07) is 16.3. The van der Waals surface area contributed by atoms with Crippen molar-refractivity contribution < 1.29 is 19.1 Å². The first-order valence-electron chi connectivity index (χ1n) is 11.5. The number of ether oxygens (including phenoxy) is 2. The summed E-state index contributed by atoms with van der Waals surface area (Å²) in [5.74, 6) is 0.922. The van der Waals surface area contributed by atoms with E-state index < -0.39 is 0 Å². The first kappa shape index (κ1) is 22.5. The van der Waals surface area contributed by atoms with Crippen molar-refractivity contribution in [1.82, 2.24) is 9.38 Å². The summed E-state index contributed by atoms with van der Waals surface area (Å²) in [6.07, 6.45) is 5.32. The Morgan fingerprint density at radius 3 is 2.80 bits per heavy atom. The predicted molar refractivity (Wildman–Crippen MR) is 133 cm³/mol. The van der Waals surface area contributed by atoms with Crippen LogP contribution in [0.5, 0.6) is 11.5 Å². The number of nitrogens with one attached hydrogen (secondary N) is 1. The van der Waals surface area contributed by atoms with E-state index in [2.05, 4.69) is 10.3 Å². The molecule has 5 rings (SSSR count). The number of aromatic nitrogens is 2. The Kier molecular flexibility index (Phi) is 6.10. The van der Waals surface area contributed by atoms with Gasteiger partial charge in [0, 0.05) is 42.7 Å². The van der Waals surface area contributed by atoms with E-state index in [1.54, 1.807) is 48.4 Å². The Bertz CT molecular complexity index is 1410. The predicted octanol–water partition coefficient (Wildman–Crippen LogP) is 4.61. The van der Waals surface area contributed by atoms with Gasteiger partial charge in [-0.05, 0) is 55.3 Å². The van der Waals surface area contributed by atoms with Crippen LogP contribution in [0.25, 0.3) is 5.65 Å². The molecular formula is C27H26N4O4. The van der Waals surface area contributed by atoms with E-state index in [0.29, 0.717) is 48.0 Å². The summed E-state index contributed by atoms with van der Waals surface area (Å²) in [4.78, 5) is 31.3. The van der Waals surface area contributed by atoms with Gasteiger partial charge in [-0.15, -0.1) is 0 Å². The van der Waals surface area contributed by atoms with Crippen molar-refractivity contribution in [1.29, 1.82) is 0 Å². The smallest absolute Gasteiger partial charge is 0.255 e. The monoisotopic (exact) mass is 470 g/mol. The molecule has 3 heterocycles. The van der Waals surface area contributed by atoms with E-state index in [9.17, 15) is 9.59 Å². The maximum atomic E-state index is 12.9. The molecule has 0 bridgehead atoms. The number of methoxy groups -OCH3 is 1. The van der Waals surface area contributed by atoms with Crippen molar-refractivity contribution >= 4 is 28.8 Å². The van der Waals surface area contributed by atoms with Crippen LogP contribution >= 0.6 is 0 Å². The molecule has 8 heteroatoms. The van der Waals surface area contributed by atoms with Crippen LogP contribution in [0.3, 0.4) is 0 Å². The lowest BCUT2D eigenvalue weighted by Gasteiger charge is -2.19. The third kappa shape index (κ3) is 4.82. The zero-order valence-corrected chi connectivity index (χ0v) is 19.7. The molecule has 178 valence electrons. The second-order valence-corrected chi connectivity index (χ2v) is 8.51. The quantitative estimate of drug-likeness (QED) is 0.426. The van der Waals surface area contributed by atoms with Crippen LogP contribution in [0.4, 0.5) is 11.4 Å². The van der Waals surface area contributed by atoms with Gasteiger partial charge in [0.05, 0.1) is 18.5 Å². The third-order valence-electron chi connectivity index (χ3n) is 5.93. The summed E-state index contributed by atoms with van der Waals surface area (Å²) in [6.45, 7) is 2.99. The Hall–Kier alpha value is -4.33. The van der Waals surface area contributed by atoms with Crippen LogP contribution in [0.2, 0.25) is 0 Å². The molecule has 1 fully saturated rings. The molecule has 0 unspecified atom stereocenters. The van der Waals surface area contributed by atoms with Crippen molar-refractivity contribution in [3.63, 3.8) is 0 Å². The third-order valence-corrected chi connectivity index (χ3v) is 5.93. The molecule has 1 aliphatic heterocycles. The minimum Gasteiger partial charge on any atom is -0.494 e. The fraction of sp³-hybridized carbons (Fsp3) is 0.222. The minimum atomic E-state index is -0.272. The first-order chi connectivity index (χ1) is 17.0. The van der Waals surface area contributed by atoms with Gasteiger partial charge in [0.15, 0.2) is 0 Å². The lowest BCUT2D eigenvalue weighted by atomic mass is 10.2. The van der Waals surface area contributed by atoms with Gasteiger partial charge in [-0.25, -0.2) is 4.98 Å². The Morgan fingerprint density at radius 2 is 2.00 bits per heavy atom. The van der Waals surface area contributed by atoms with E-state index in [4.69, 9.17) is 9.47 Å². The van der Waals surface area contributed by atoms with Crippen LogP contribution in [0, 0.1) is 6.92 Å². The maximum absolute atomic E-state index is 12.9. The minimum absolute atomic E-state index is 0.0793. The summed E-state index contributed by atoms with van der Waals surface area (Å²) in [7, 11) is 1.55. The van der Waals surface area contributed by atoms with Crippen molar-refractivity contribution in [3.8, 4) is 11.5 Å².